The van der Waals surface area contributed by atoms with Gasteiger partial charge < -0.3 is 14.8 Å². The van der Waals surface area contributed by atoms with E-state index in [1.807, 2.05) is 20.8 Å². The number of nitrogens with one attached hydrogen (secondary N) is 1. The lowest BCUT2D eigenvalue weighted by Crippen LogP contribution is -2.48. The average molecular weight is 370 g/mol. The molecule has 0 spiro atoms. The Labute approximate surface area is 157 Å². The number of carbonyl (C=O) groups is 3. The zero-order chi connectivity index (χ0) is 19.5. The zero-order valence-corrected chi connectivity index (χ0v) is 16.7. The summed E-state index contributed by atoms with van der Waals surface area (Å²) in [6, 6.07) is -0.629. The van der Waals surface area contributed by atoms with Crippen molar-refractivity contribution in [1.29, 1.82) is 0 Å². The van der Waals surface area contributed by atoms with Crippen molar-refractivity contribution in [3.8, 4) is 0 Å². The summed E-state index contributed by atoms with van der Waals surface area (Å²) in [5, 5.41) is 2.54. The van der Waals surface area contributed by atoms with Gasteiger partial charge >= 0.3 is 11.9 Å². The van der Waals surface area contributed by atoms with E-state index in [0.29, 0.717) is 25.7 Å². The molecule has 1 aliphatic rings. The molecular weight excluding hydrogens is 334 g/mol. The van der Waals surface area contributed by atoms with Gasteiger partial charge in [0.05, 0.1) is 5.92 Å². The second-order valence-electron chi connectivity index (χ2n) is 7.60. The number of hydrogen-bond donors (Lipinski definition) is 1. The monoisotopic (exact) mass is 369 g/mol. The number of cyclic esters (lactones) is 1. The smallest absolute Gasteiger partial charge is 0.328 e. The van der Waals surface area contributed by atoms with Crippen molar-refractivity contribution in [2.45, 2.75) is 97.3 Å². The van der Waals surface area contributed by atoms with Crippen molar-refractivity contribution < 1.29 is 23.9 Å². The maximum absolute atomic E-state index is 12.4. The number of carbonyl (C=O) groups excluding carboxylic acids is 3. The van der Waals surface area contributed by atoms with Crippen LogP contribution in [0.5, 0.6) is 0 Å². The molecule has 0 aliphatic carbocycles. The van der Waals surface area contributed by atoms with Crippen LogP contribution in [0.15, 0.2) is 0 Å². The van der Waals surface area contributed by atoms with Gasteiger partial charge in [-0.3, -0.25) is 9.59 Å². The highest BCUT2D eigenvalue weighted by molar-refractivity contribution is 5.79. The van der Waals surface area contributed by atoms with E-state index in [-0.39, 0.29) is 30.0 Å². The minimum Gasteiger partial charge on any atom is -0.461 e. The van der Waals surface area contributed by atoms with Gasteiger partial charge in [0.15, 0.2) is 0 Å². The molecule has 1 fully saturated rings. The fourth-order valence-electron chi connectivity index (χ4n) is 3.29. The van der Waals surface area contributed by atoms with E-state index in [0.717, 1.165) is 19.3 Å². The predicted molar refractivity (Wildman–Crippen MR) is 99.4 cm³/mol. The first-order valence-electron chi connectivity index (χ1n) is 10.0. The van der Waals surface area contributed by atoms with E-state index >= 15 is 0 Å². The van der Waals surface area contributed by atoms with Gasteiger partial charge in [-0.1, -0.05) is 53.4 Å². The van der Waals surface area contributed by atoms with Gasteiger partial charge in [-0.2, -0.15) is 0 Å². The number of ether oxygens (including phenoxy) is 2. The lowest BCUT2D eigenvalue weighted by molar-refractivity contribution is -0.190. The third kappa shape index (κ3) is 7.34. The Hall–Kier alpha value is -1.59. The molecule has 1 rings (SSSR count). The number of esters is 2. The lowest BCUT2D eigenvalue weighted by atomic mass is 9.87. The van der Waals surface area contributed by atoms with Crippen LogP contribution in [0, 0.1) is 11.8 Å². The molecular formula is C20H35NO5. The van der Waals surface area contributed by atoms with Crippen LogP contribution in [0.2, 0.25) is 0 Å². The predicted octanol–water partition coefficient (Wildman–Crippen LogP) is 3.37. The summed E-state index contributed by atoms with van der Waals surface area (Å²) in [5.74, 6) is -0.352. The highest BCUT2D eigenvalue weighted by atomic mass is 16.6. The van der Waals surface area contributed by atoms with Gasteiger partial charge in [0.1, 0.15) is 18.2 Å². The van der Waals surface area contributed by atoms with Crippen molar-refractivity contribution in [2.75, 3.05) is 0 Å². The molecule has 1 aliphatic heterocycles. The molecule has 6 nitrogen and oxygen atoms in total. The van der Waals surface area contributed by atoms with E-state index < -0.39 is 12.0 Å². The second kappa shape index (κ2) is 11.9. The molecule has 0 aromatic heterocycles. The van der Waals surface area contributed by atoms with Gasteiger partial charge in [-0.25, -0.2) is 4.79 Å². The first kappa shape index (κ1) is 22.5. The maximum Gasteiger partial charge on any atom is 0.328 e. The van der Waals surface area contributed by atoms with Crippen molar-refractivity contribution in [3.63, 3.8) is 0 Å². The average Bonchev–Trinajstić information content (AvgIpc) is 2.59. The topological polar surface area (TPSA) is 81.7 Å². The van der Waals surface area contributed by atoms with Crippen LogP contribution < -0.4 is 5.32 Å². The van der Waals surface area contributed by atoms with E-state index in [1.54, 1.807) is 0 Å². The highest BCUT2D eigenvalue weighted by Crippen LogP contribution is 2.32. The number of amides is 1. The summed E-state index contributed by atoms with van der Waals surface area (Å²) in [6.45, 7) is 8.08. The van der Waals surface area contributed by atoms with Gasteiger partial charge in [0, 0.05) is 6.42 Å². The number of rotatable bonds is 14. The van der Waals surface area contributed by atoms with Crippen molar-refractivity contribution in [2.24, 2.45) is 11.8 Å². The minimum absolute atomic E-state index is 0.0702. The molecule has 1 heterocycles. The Morgan fingerprint density at radius 3 is 2.54 bits per heavy atom. The molecule has 0 saturated carbocycles. The molecule has 4 atom stereocenters. The largest absolute Gasteiger partial charge is 0.461 e. The number of hydrogen-bond acceptors (Lipinski definition) is 5. The summed E-state index contributed by atoms with van der Waals surface area (Å²) in [6.07, 6.45) is 7.14. The Kier molecular flexibility index (Phi) is 10.3. The normalized spacial score (nSPS) is 21.5. The van der Waals surface area contributed by atoms with Crippen molar-refractivity contribution in [1.82, 2.24) is 5.32 Å². The van der Waals surface area contributed by atoms with Crippen LogP contribution in [0.3, 0.4) is 0 Å². The Morgan fingerprint density at radius 1 is 1.27 bits per heavy atom. The minimum atomic E-state index is -0.629. The molecule has 6 heteroatoms. The molecule has 1 saturated heterocycles. The summed E-state index contributed by atoms with van der Waals surface area (Å²) < 4.78 is 10.9. The first-order chi connectivity index (χ1) is 12.4. The number of unbranched alkanes of at least 4 members (excludes halogenated alkanes) is 3. The summed E-state index contributed by atoms with van der Waals surface area (Å²) in [5.41, 5.74) is 0. The fourth-order valence-corrected chi connectivity index (χ4v) is 3.29. The third-order valence-corrected chi connectivity index (χ3v) is 4.88. The van der Waals surface area contributed by atoms with Crippen LogP contribution in [-0.2, 0) is 23.9 Å². The first-order valence-corrected chi connectivity index (χ1v) is 10.0. The van der Waals surface area contributed by atoms with Crippen LogP contribution in [0.4, 0.5) is 0 Å². The van der Waals surface area contributed by atoms with E-state index in [2.05, 4.69) is 12.2 Å². The quantitative estimate of drug-likeness (QED) is 0.288. The second-order valence-corrected chi connectivity index (χ2v) is 7.60. The van der Waals surface area contributed by atoms with Gasteiger partial charge in [0.25, 0.3) is 0 Å². The molecule has 0 aromatic carbocycles. The molecule has 150 valence electrons. The standard InChI is InChI=1S/C20H35NO5/c1-5-7-8-9-10-16-18(26-19(16)23)12-15(6-2)25-20(24)17(21-13-22)11-14(3)4/h13-18H,5-12H2,1-4H3,(H,21,22). The molecule has 0 radical (unpaired) electrons. The van der Waals surface area contributed by atoms with Crippen molar-refractivity contribution >= 4 is 18.3 Å². The molecule has 26 heavy (non-hydrogen) atoms. The summed E-state index contributed by atoms with van der Waals surface area (Å²) >= 11 is 0. The molecule has 0 aromatic rings. The van der Waals surface area contributed by atoms with Crippen LogP contribution in [0.25, 0.3) is 0 Å². The highest BCUT2D eigenvalue weighted by Gasteiger charge is 2.43. The Bertz CT molecular complexity index is 451. The summed E-state index contributed by atoms with van der Waals surface area (Å²) in [7, 11) is 0. The van der Waals surface area contributed by atoms with Crippen molar-refractivity contribution in [3.05, 3.63) is 0 Å². The fraction of sp³-hybridized carbons (Fsp3) is 0.850. The van der Waals surface area contributed by atoms with Crippen LogP contribution in [0.1, 0.15) is 79.1 Å². The molecule has 1 amide bonds. The maximum atomic E-state index is 12.4. The Morgan fingerprint density at radius 2 is 2.00 bits per heavy atom. The molecule has 1 N–H and O–H groups in total. The van der Waals surface area contributed by atoms with E-state index in [4.69, 9.17) is 9.47 Å². The van der Waals surface area contributed by atoms with Gasteiger partial charge in [-0.05, 0) is 25.2 Å². The Balaban J connectivity index is 2.50. The lowest BCUT2D eigenvalue weighted by Gasteiger charge is -2.37. The van der Waals surface area contributed by atoms with E-state index in [9.17, 15) is 14.4 Å². The summed E-state index contributed by atoms with van der Waals surface area (Å²) in [4.78, 5) is 34.8. The zero-order valence-electron chi connectivity index (χ0n) is 16.7. The third-order valence-electron chi connectivity index (χ3n) is 4.88. The van der Waals surface area contributed by atoms with Crippen LogP contribution in [-0.4, -0.2) is 36.6 Å². The SMILES string of the molecule is CCCCCCC1C(=O)OC1CC(CC)OC(=O)C(CC(C)C)NC=O. The van der Waals surface area contributed by atoms with Crippen LogP contribution >= 0.6 is 0 Å². The molecule has 4 unspecified atom stereocenters. The van der Waals surface area contributed by atoms with E-state index in [1.165, 1.54) is 12.8 Å². The molecule has 0 bridgehead atoms. The van der Waals surface area contributed by atoms with Gasteiger partial charge in [0.2, 0.25) is 6.41 Å². The van der Waals surface area contributed by atoms with Gasteiger partial charge in [-0.15, -0.1) is 0 Å².